The third-order valence-corrected chi connectivity index (χ3v) is 8.54. The molecule has 1 heterocycles. The maximum absolute atomic E-state index is 12.9. The number of benzene rings is 2. The number of anilines is 1. The van der Waals surface area contributed by atoms with Crippen LogP contribution in [0.15, 0.2) is 47.4 Å². The number of nitro groups is 1. The zero-order chi connectivity index (χ0) is 22.9. The van der Waals surface area contributed by atoms with Gasteiger partial charge in [-0.15, -0.1) is 0 Å². The Balaban J connectivity index is 1.48. The number of thiazole rings is 1. The van der Waals surface area contributed by atoms with E-state index in [2.05, 4.69) is 10.3 Å². The van der Waals surface area contributed by atoms with Crippen molar-refractivity contribution >= 4 is 48.3 Å². The summed E-state index contributed by atoms with van der Waals surface area (Å²) in [5.74, 6) is -0.442. The molecule has 1 aliphatic rings. The highest BCUT2D eigenvalue weighted by atomic mass is 32.2. The monoisotopic (exact) mass is 474 g/mol. The van der Waals surface area contributed by atoms with Crippen molar-refractivity contribution in [1.29, 1.82) is 0 Å². The molecule has 32 heavy (non-hydrogen) atoms. The molecule has 3 aromatic rings. The van der Waals surface area contributed by atoms with E-state index in [1.807, 2.05) is 0 Å². The molecule has 0 radical (unpaired) electrons. The number of nitrogens with one attached hydrogen (secondary N) is 1. The minimum Gasteiger partial charge on any atom is -0.298 e. The van der Waals surface area contributed by atoms with Crippen LogP contribution in [0.3, 0.4) is 0 Å². The largest absolute Gasteiger partial charge is 0.298 e. The highest BCUT2D eigenvalue weighted by Gasteiger charge is 2.29. The van der Waals surface area contributed by atoms with Crippen LogP contribution in [0.1, 0.15) is 42.5 Å². The van der Waals surface area contributed by atoms with Crippen LogP contribution in [0.25, 0.3) is 10.2 Å². The van der Waals surface area contributed by atoms with Gasteiger partial charge in [-0.2, -0.15) is 4.31 Å². The summed E-state index contributed by atoms with van der Waals surface area (Å²) in [6.07, 6.45) is 4.92. The molecule has 1 N–H and O–H groups in total. The van der Waals surface area contributed by atoms with Crippen molar-refractivity contribution in [3.05, 3.63) is 58.1 Å². The molecular formula is C21H22N4O5S2. The average Bonchev–Trinajstić information content (AvgIpc) is 3.20. The van der Waals surface area contributed by atoms with E-state index < -0.39 is 20.9 Å². The number of carbonyl (C=O) groups excluding carboxylic acids is 1. The number of amides is 1. The molecule has 168 valence electrons. The van der Waals surface area contributed by atoms with E-state index in [-0.39, 0.29) is 22.2 Å². The molecule has 0 unspecified atom stereocenters. The topological polar surface area (TPSA) is 123 Å². The van der Waals surface area contributed by atoms with Crippen molar-refractivity contribution < 1.29 is 18.1 Å². The van der Waals surface area contributed by atoms with Crippen molar-refractivity contribution in [3.63, 3.8) is 0 Å². The third kappa shape index (κ3) is 4.50. The van der Waals surface area contributed by atoms with Crippen LogP contribution in [-0.2, 0) is 10.0 Å². The summed E-state index contributed by atoms with van der Waals surface area (Å²) in [5, 5.41) is 13.9. The fourth-order valence-corrected chi connectivity index (χ4v) is 6.14. The SMILES string of the molecule is CN(C1CCCCC1)S(=O)(=O)c1ccc(C(=O)Nc2nc3ccc([N+](=O)[O-])cc3s2)cc1. The molecule has 0 atom stereocenters. The van der Waals surface area contributed by atoms with Gasteiger partial charge in [-0.05, 0) is 43.2 Å². The van der Waals surface area contributed by atoms with Crippen LogP contribution in [-0.4, -0.2) is 41.6 Å². The van der Waals surface area contributed by atoms with Gasteiger partial charge in [0.15, 0.2) is 5.13 Å². The number of nitro benzene ring substituents is 1. The molecule has 4 rings (SSSR count). The maximum Gasteiger partial charge on any atom is 0.270 e. The Bertz CT molecular complexity index is 1270. The lowest BCUT2D eigenvalue weighted by Gasteiger charge is -2.30. The van der Waals surface area contributed by atoms with Crippen molar-refractivity contribution in [2.75, 3.05) is 12.4 Å². The molecule has 9 nitrogen and oxygen atoms in total. The van der Waals surface area contributed by atoms with Gasteiger partial charge in [0.1, 0.15) is 0 Å². The molecule has 0 aliphatic heterocycles. The van der Waals surface area contributed by atoms with Gasteiger partial charge in [0.2, 0.25) is 10.0 Å². The van der Waals surface area contributed by atoms with Crippen LogP contribution >= 0.6 is 11.3 Å². The van der Waals surface area contributed by atoms with Gasteiger partial charge in [-0.1, -0.05) is 30.6 Å². The molecule has 11 heteroatoms. The second-order valence-corrected chi connectivity index (χ2v) is 10.7. The van der Waals surface area contributed by atoms with E-state index in [4.69, 9.17) is 0 Å². The van der Waals surface area contributed by atoms with Crippen molar-refractivity contribution in [2.24, 2.45) is 0 Å². The standard InChI is InChI=1S/C21H22N4O5S2/c1-24(15-5-3-2-4-6-15)32(29,30)17-10-7-14(8-11-17)20(26)23-21-22-18-12-9-16(25(27)28)13-19(18)31-21/h7-13,15H,2-6H2,1H3,(H,22,23,26). The van der Waals surface area contributed by atoms with Gasteiger partial charge in [0, 0.05) is 30.8 Å². The van der Waals surface area contributed by atoms with E-state index in [1.54, 1.807) is 7.05 Å². The summed E-state index contributed by atoms with van der Waals surface area (Å²) < 4.78 is 27.9. The highest BCUT2D eigenvalue weighted by Crippen LogP contribution is 2.30. The molecule has 1 aliphatic carbocycles. The first-order valence-electron chi connectivity index (χ1n) is 10.2. The molecule has 1 aromatic heterocycles. The van der Waals surface area contributed by atoms with E-state index in [1.165, 1.54) is 46.8 Å². The lowest BCUT2D eigenvalue weighted by atomic mass is 9.96. The molecule has 0 saturated heterocycles. The molecule has 1 saturated carbocycles. The Labute approximate surface area is 189 Å². The molecule has 1 fully saturated rings. The number of hydrogen-bond donors (Lipinski definition) is 1. The Morgan fingerprint density at radius 1 is 1.16 bits per heavy atom. The van der Waals surface area contributed by atoms with Gasteiger partial charge in [-0.25, -0.2) is 13.4 Å². The van der Waals surface area contributed by atoms with Gasteiger partial charge >= 0.3 is 0 Å². The summed E-state index contributed by atoms with van der Waals surface area (Å²) in [4.78, 5) is 27.4. The van der Waals surface area contributed by atoms with E-state index in [0.29, 0.717) is 15.3 Å². The smallest absolute Gasteiger partial charge is 0.270 e. The minimum atomic E-state index is -3.63. The lowest BCUT2D eigenvalue weighted by molar-refractivity contribution is -0.384. The summed E-state index contributed by atoms with van der Waals surface area (Å²) in [6, 6.07) is 10.1. The highest BCUT2D eigenvalue weighted by molar-refractivity contribution is 7.89. The third-order valence-electron chi connectivity index (χ3n) is 5.69. The fourth-order valence-electron chi connectivity index (χ4n) is 3.84. The number of sulfonamides is 1. The predicted molar refractivity (Wildman–Crippen MR) is 122 cm³/mol. The quantitative estimate of drug-likeness (QED) is 0.417. The van der Waals surface area contributed by atoms with Gasteiger partial charge in [0.05, 0.1) is 20.0 Å². The second-order valence-electron chi connectivity index (χ2n) is 7.72. The number of fused-ring (bicyclic) bond motifs is 1. The number of rotatable bonds is 6. The summed E-state index contributed by atoms with van der Waals surface area (Å²) >= 11 is 1.13. The fraction of sp³-hybridized carbons (Fsp3) is 0.333. The number of carbonyl (C=O) groups is 1. The predicted octanol–water partition coefficient (Wildman–Crippen LogP) is 4.41. The van der Waals surface area contributed by atoms with Gasteiger partial charge < -0.3 is 0 Å². The van der Waals surface area contributed by atoms with Crippen molar-refractivity contribution in [3.8, 4) is 0 Å². The van der Waals surface area contributed by atoms with Gasteiger partial charge in [-0.3, -0.25) is 20.2 Å². The minimum absolute atomic E-state index is 0.00610. The Hall–Kier alpha value is -2.89. The van der Waals surface area contributed by atoms with Crippen LogP contribution in [0.5, 0.6) is 0 Å². The number of nitrogens with zero attached hydrogens (tertiary/aromatic N) is 3. The number of non-ortho nitro benzene ring substituents is 1. The number of hydrogen-bond acceptors (Lipinski definition) is 7. The maximum atomic E-state index is 12.9. The van der Waals surface area contributed by atoms with E-state index >= 15 is 0 Å². The molecular weight excluding hydrogens is 452 g/mol. The van der Waals surface area contributed by atoms with E-state index in [0.717, 1.165) is 43.4 Å². The summed E-state index contributed by atoms with van der Waals surface area (Å²) in [7, 11) is -2.02. The summed E-state index contributed by atoms with van der Waals surface area (Å²) in [6.45, 7) is 0. The number of aromatic nitrogens is 1. The zero-order valence-electron chi connectivity index (χ0n) is 17.4. The molecule has 0 spiro atoms. The van der Waals surface area contributed by atoms with Crippen molar-refractivity contribution in [2.45, 2.75) is 43.0 Å². The van der Waals surface area contributed by atoms with Gasteiger partial charge in [0.25, 0.3) is 11.6 Å². The first kappa shape index (κ1) is 22.3. The first-order valence-corrected chi connectivity index (χ1v) is 12.5. The molecule has 0 bridgehead atoms. The Kier molecular flexibility index (Phi) is 6.22. The van der Waals surface area contributed by atoms with Crippen molar-refractivity contribution in [1.82, 2.24) is 9.29 Å². The Morgan fingerprint density at radius 2 is 1.84 bits per heavy atom. The molecule has 2 aromatic carbocycles. The first-order chi connectivity index (χ1) is 15.3. The van der Waals surface area contributed by atoms with Crippen LogP contribution in [0, 0.1) is 10.1 Å². The zero-order valence-corrected chi connectivity index (χ0v) is 19.0. The van der Waals surface area contributed by atoms with Crippen LogP contribution in [0.4, 0.5) is 10.8 Å². The lowest BCUT2D eigenvalue weighted by Crippen LogP contribution is -2.38. The van der Waals surface area contributed by atoms with Crippen LogP contribution < -0.4 is 5.32 Å². The second kappa shape index (κ2) is 8.93. The Morgan fingerprint density at radius 3 is 2.50 bits per heavy atom. The van der Waals surface area contributed by atoms with E-state index in [9.17, 15) is 23.3 Å². The summed E-state index contributed by atoms with van der Waals surface area (Å²) in [5.41, 5.74) is 0.784. The normalized spacial score (nSPS) is 15.2. The van der Waals surface area contributed by atoms with Crippen LogP contribution in [0.2, 0.25) is 0 Å². The molecule has 1 amide bonds. The average molecular weight is 475 g/mol.